The number of hydrogen-bond acceptors (Lipinski definition) is 3. The van der Waals surface area contributed by atoms with Crippen LogP contribution in [0, 0.1) is 0 Å². The first-order chi connectivity index (χ1) is 10.1. The number of methoxy groups -OCH3 is 1. The van der Waals surface area contributed by atoms with Gasteiger partial charge in [0.1, 0.15) is 5.60 Å². The molecule has 0 aliphatic carbocycles. The minimum atomic E-state index is -0.150. The SMILES string of the molecule is COc1ccc(CCc2ccncc2)c2c1OC(C)(C)C2. The molecule has 0 saturated carbocycles. The fraction of sp³-hybridized carbons (Fsp3) is 0.389. The molecule has 0 N–H and O–H groups in total. The van der Waals surface area contributed by atoms with E-state index in [-0.39, 0.29) is 5.60 Å². The van der Waals surface area contributed by atoms with Gasteiger partial charge in [-0.3, -0.25) is 4.98 Å². The van der Waals surface area contributed by atoms with Crippen LogP contribution in [0.15, 0.2) is 36.7 Å². The van der Waals surface area contributed by atoms with Gasteiger partial charge in [-0.2, -0.15) is 0 Å². The average molecular weight is 283 g/mol. The predicted molar refractivity (Wildman–Crippen MR) is 83.1 cm³/mol. The fourth-order valence-corrected chi connectivity index (χ4v) is 2.91. The van der Waals surface area contributed by atoms with Crippen LogP contribution in [0.3, 0.4) is 0 Å². The highest BCUT2D eigenvalue weighted by Gasteiger charge is 2.34. The zero-order valence-electron chi connectivity index (χ0n) is 12.8. The Bertz CT molecular complexity index is 635. The molecular formula is C18H21NO2. The van der Waals surface area contributed by atoms with Gasteiger partial charge in [-0.25, -0.2) is 0 Å². The maximum atomic E-state index is 6.07. The maximum Gasteiger partial charge on any atom is 0.165 e. The normalized spacial score (nSPS) is 15.4. The molecule has 0 spiro atoms. The Morgan fingerprint density at radius 1 is 1.14 bits per heavy atom. The van der Waals surface area contributed by atoms with Crippen molar-refractivity contribution in [1.82, 2.24) is 4.98 Å². The second kappa shape index (κ2) is 5.40. The Hall–Kier alpha value is -2.03. The third-order valence-electron chi connectivity index (χ3n) is 3.95. The summed E-state index contributed by atoms with van der Waals surface area (Å²) in [5, 5.41) is 0. The third-order valence-corrected chi connectivity index (χ3v) is 3.95. The van der Waals surface area contributed by atoms with Crippen LogP contribution >= 0.6 is 0 Å². The van der Waals surface area contributed by atoms with Crippen LogP contribution in [0.4, 0.5) is 0 Å². The summed E-state index contributed by atoms with van der Waals surface area (Å²) >= 11 is 0. The molecule has 0 amide bonds. The van der Waals surface area contributed by atoms with Crippen LogP contribution in [-0.4, -0.2) is 17.7 Å². The van der Waals surface area contributed by atoms with Crippen LogP contribution in [0.2, 0.25) is 0 Å². The van der Waals surface area contributed by atoms with Crippen molar-refractivity contribution >= 4 is 0 Å². The molecule has 0 unspecified atom stereocenters. The number of pyridine rings is 1. The molecule has 3 rings (SSSR count). The summed E-state index contributed by atoms with van der Waals surface area (Å²) in [7, 11) is 1.70. The summed E-state index contributed by atoms with van der Waals surface area (Å²) in [5.41, 5.74) is 3.82. The van der Waals surface area contributed by atoms with Crippen molar-refractivity contribution in [3.05, 3.63) is 53.3 Å². The Morgan fingerprint density at radius 3 is 2.62 bits per heavy atom. The second-order valence-corrected chi connectivity index (χ2v) is 6.13. The van der Waals surface area contributed by atoms with Crippen LogP contribution in [0.1, 0.15) is 30.5 Å². The van der Waals surface area contributed by atoms with E-state index in [1.165, 1.54) is 16.7 Å². The van der Waals surface area contributed by atoms with Crippen molar-refractivity contribution in [2.75, 3.05) is 7.11 Å². The molecular weight excluding hydrogens is 262 g/mol. The largest absolute Gasteiger partial charge is 0.493 e. The van der Waals surface area contributed by atoms with Gasteiger partial charge in [-0.15, -0.1) is 0 Å². The van der Waals surface area contributed by atoms with E-state index >= 15 is 0 Å². The molecule has 1 aliphatic rings. The molecule has 110 valence electrons. The zero-order valence-corrected chi connectivity index (χ0v) is 12.8. The first-order valence-electron chi connectivity index (χ1n) is 7.36. The monoisotopic (exact) mass is 283 g/mol. The molecule has 1 aromatic heterocycles. The topological polar surface area (TPSA) is 31.4 Å². The predicted octanol–water partition coefficient (Wildman–Crippen LogP) is 3.59. The minimum Gasteiger partial charge on any atom is -0.493 e. The molecule has 3 heteroatoms. The minimum absolute atomic E-state index is 0.150. The summed E-state index contributed by atoms with van der Waals surface area (Å²) in [6, 6.07) is 8.33. The smallest absolute Gasteiger partial charge is 0.165 e. The molecule has 2 heterocycles. The van der Waals surface area contributed by atoms with Crippen LogP contribution in [0.5, 0.6) is 11.5 Å². The Morgan fingerprint density at radius 2 is 1.90 bits per heavy atom. The van der Waals surface area contributed by atoms with E-state index in [2.05, 4.69) is 37.0 Å². The van der Waals surface area contributed by atoms with Gasteiger partial charge in [0.05, 0.1) is 7.11 Å². The van der Waals surface area contributed by atoms with Gasteiger partial charge in [-0.05, 0) is 56.0 Å². The Balaban J connectivity index is 1.86. The molecule has 0 saturated heterocycles. The van der Waals surface area contributed by atoms with E-state index in [1.807, 2.05) is 18.5 Å². The molecule has 0 bridgehead atoms. The fourth-order valence-electron chi connectivity index (χ4n) is 2.91. The number of aryl methyl sites for hydroxylation is 2. The van der Waals surface area contributed by atoms with E-state index in [9.17, 15) is 0 Å². The van der Waals surface area contributed by atoms with Crippen LogP contribution in [0.25, 0.3) is 0 Å². The first-order valence-corrected chi connectivity index (χ1v) is 7.36. The van der Waals surface area contributed by atoms with Gasteiger partial charge < -0.3 is 9.47 Å². The van der Waals surface area contributed by atoms with E-state index < -0.39 is 0 Å². The van der Waals surface area contributed by atoms with Gasteiger partial charge in [0.15, 0.2) is 11.5 Å². The van der Waals surface area contributed by atoms with E-state index in [0.717, 1.165) is 30.8 Å². The summed E-state index contributed by atoms with van der Waals surface area (Å²) in [6.07, 6.45) is 6.66. The molecule has 3 nitrogen and oxygen atoms in total. The molecule has 0 radical (unpaired) electrons. The zero-order chi connectivity index (χ0) is 14.9. The summed E-state index contributed by atoms with van der Waals surface area (Å²) in [5.74, 6) is 1.76. The molecule has 0 fully saturated rings. The lowest BCUT2D eigenvalue weighted by Gasteiger charge is -2.17. The highest BCUT2D eigenvalue weighted by molar-refractivity contribution is 5.54. The number of aromatic nitrogens is 1. The number of nitrogens with zero attached hydrogens (tertiary/aromatic N) is 1. The van der Waals surface area contributed by atoms with Crippen molar-refractivity contribution in [3.63, 3.8) is 0 Å². The van der Waals surface area contributed by atoms with Crippen LogP contribution in [-0.2, 0) is 19.3 Å². The number of benzene rings is 1. The quantitative estimate of drug-likeness (QED) is 0.859. The van der Waals surface area contributed by atoms with Gasteiger partial charge in [0.2, 0.25) is 0 Å². The Labute approximate surface area is 125 Å². The van der Waals surface area contributed by atoms with Gasteiger partial charge in [-0.1, -0.05) is 6.07 Å². The van der Waals surface area contributed by atoms with Crippen molar-refractivity contribution in [2.45, 2.75) is 38.7 Å². The number of ether oxygens (including phenoxy) is 2. The van der Waals surface area contributed by atoms with E-state index in [4.69, 9.17) is 9.47 Å². The summed E-state index contributed by atoms with van der Waals surface area (Å²) in [6.45, 7) is 4.25. The highest BCUT2D eigenvalue weighted by Crippen LogP contribution is 2.43. The van der Waals surface area contributed by atoms with Gasteiger partial charge in [0, 0.05) is 24.4 Å². The van der Waals surface area contributed by atoms with Crippen LogP contribution < -0.4 is 9.47 Å². The van der Waals surface area contributed by atoms with Crippen molar-refractivity contribution in [2.24, 2.45) is 0 Å². The second-order valence-electron chi connectivity index (χ2n) is 6.13. The lowest BCUT2D eigenvalue weighted by atomic mass is 9.94. The molecule has 1 aromatic carbocycles. The molecule has 2 aromatic rings. The lowest BCUT2D eigenvalue weighted by Crippen LogP contribution is -2.24. The first kappa shape index (κ1) is 13.9. The van der Waals surface area contributed by atoms with E-state index in [0.29, 0.717) is 0 Å². The van der Waals surface area contributed by atoms with E-state index in [1.54, 1.807) is 7.11 Å². The summed E-state index contributed by atoms with van der Waals surface area (Å²) < 4.78 is 11.5. The van der Waals surface area contributed by atoms with Gasteiger partial charge >= 0.3 is 0 Å². The Kier molecular flexibility index (Phi) is 3.58. The lowest BCUT2D eigenvalue weighted by molar-refractivity contribution is 0.134. The standard InChI is InChI=1S/C18H21NO2/c1-18(2)12-15-14(5-4-13-8-10-19-11-9-13)6-7-16(20-3)17(15)21-18/h6-11H,4-5,12H2,1-3H3. The molecule has 0 atom stereocenters. The maximum absolute atomic E-state index is 6.07. The van der Waals surface area contributed by atoms with Crippen molar-refractivity contribution in [1.29, 1.82) is 0 Å². The van der Waals surface area contributed by atoms with Crippen molar-refractivity contribution < 1.29 is 9.47 Å². The number of hydrogen-bond donors (Lipinski definition) is 0. The molecule has 1 aliphatic heterocycles. The molecule has 21 heavy (non-hydrogen) atoms. The average Bonchev–Trinajstić information content (AvgIpc) is 2.81. The third kappa shape index (κ3) is 2.87. The summed E-state index contributed by atoms with van der Waals surface area (Å²) in [4.78, 5) is 4.06. The number of rotatable bonds is 4. The number of fused-ring (bicyclic) bond motifs is 1. The van der Waals surface area contributed by atoms with Gasteiger partial charge in [0.25, 0.3) is 0 Å². The highest BCUT2D eigenvalue weighted by atomic mass is 16.5. The van der Waals surface area contributed by atoms with Crippen molar-refractivity contribution in [3.8, 4) is 11.5 Å².